The van der Waals surface area contributed by atoms with Crippen LogP contribution in [0.1, 0.15) is 59.1 Å². The molecule has 0 fully saturated rings. The van der Waals surface area contributed by atoms with E-state index in [0.29, 0.717) is 30.5 Å². The number of hydrogen-bond donors (Lipinski definition) is 1. The Kier molecular flexibility index (Phi) is 6.27. The number of aromatic nitrogens is 2. The molecule has 1 amide bonds. The van der Waals surface area contributed by atoms with E-state index in [2.05, 4.69) is 67.4 Å². The maximum absolute atomic E-state index is 13.8. The summed E-state index contributed by atoms with van der Waals surface area (Å²) in [6.45, 7) is 7.74. The molecule has 0 aliphatic carbocycles. The van der Waals surface area contributed by atoms with Crippen LogP contribution in [0.4, 0.5) is 0 Å². The predicted molar refractivity (Wildman–Crippen MR) is 144 cm³/mol. The molecular formula is C31H31N3O4. The molecule has 7 heteroatoms. The number of H-pyrrole nitrogens is 1. The molecule has 7 nitrogen and oxygen atoms in total. The molecule has 1 atom stereocenters. The van der Waals surface area contributed by atoms with Gasteiger partial charge in [-0.05, 0) is 54.7 Å². The van der Waals surface area contributed by atoms with E-state index in [1.165, 1.54) is 5.56 Å². The quantitative estimate of drug-likeness (QED) is 0.302. The second-order valence-corrected chi connectivity index (χ2v) is 10.4. The number of hydrogen-bond acceptors (Lipinski definition) is 5. The van der Waals surface area contributed by atoms with Crippen molar-refractivity contribution in [3.63, 3.8) is 0 Å². The number of aromatic amines is 1. The van der Waals surface area contributed by atoms with Crippen molar-refractivity contribution in [1.82, 2.24) is 15.1 Å². The first-order valence-electron chi connectivity index (χ1n) is 13.1. The lowest BCUT2D eigenvalue weighted by molar-refractivity contribution is 0.0730. The largest absolute Gasteiger partial charge is 0.494 e. The van der Waals surface area contributed by atoms with Gasteiger partial charge in [0, 0.05) is 17.7 Å². The molecule has 4 aromatic rings. The van der Waals surface area contributed by atoms with E-state index in [4.69, 9.17) is 14.2 Å². The van der Waals surface area contributed by atoms with Crippen LogP contribution in [0.3, 0.4) is 0 Å². The summed E-state index contributed by atoms with van der Waals surface area (Å²) in [6.07, 6.45) is 1.00. The van der Waals surface area contributed by atoms with Gasteiger partial charge in [-0.3, -0.25) is 9.89 Å². The van der Waals surface area contributed by atoms with Gasteiger partial charge >= 0.3 is 0 Å². The van der Waals surface area contributed by atoms with Gasteiger partial charge in [0.05, 0.1) is 18.3 Å². The maximum Gasteiger partial charge on any atom is 0.273 e. The first-order chi connectivity index (χ1) is 18.5. The summed E-state index contributed by atoms with van der Waals surface area (Å²) in [5, 5.41) is 7.64. The van der Waals surface area contributed by atoms with Crippen LogP contribution in [0.5, 0.6) is 17.2 Å². The Hall–Kier alpha value is -4.26. The zero-order valence-electron chi connectivity index (χ0n) is 21.9. The Bertz CT molecular complexity index is 1460. The fourth-order valence-corrected chi connectivity index (χ4v) is 5.03. The lowest BCUT2D eigenvalue weighted by Crippen LogP contribution is -2.29. The van der Waals surface area contributed by atoms with Crippen molar-refractivity contribution in [2.75, 3.05) is 13.4 Å². The summed E-state index contributed by atoms with van der Waals surface area (Å²) in [5.41, 5.74) is 6.34. The molecule has 3 aromatic carbocycles. The van der Waals surface area contributed by atoms with Crippen molar-refractivity contribution in [2.24, 2.45) is 5.92 Å². The first kappa shape index (κ1) is 24.1. The van der Waals surface area contributed by atoms with Crippen molar-refractivity contribution < 1.29 is 19.0 Å². The highest BCUT2D eigenvalue weighted by atomic mass is 16.7. The van der Waals surface area contributed by atoms with Gasteiger partial charge in [-0.25, -0.2) is 0 Å². The van der Waals surface area contributed by atoms with Crippen molar-refractivity contribution in [3.8, 4) is 28.5 Å². The SMILES string of the molecule is Cc1ccc(-c2n[nH]c3c2C(c2ccc(OCCC(C)C)cc2)N(Cc2ccc4c(c2)OCO4)C3=O)cc1. The van der Waals surface area contributed by atoms with Gasteiger partial charge in [0.25, 0.3) is 5.91 Å². The molecule has 0 radical (unpaired) electrons. The van der Waals surface area contributed by atoms with E-state index in [1.807, 2.05) is 35.2 Å². The summed E-state index contributed by atoms with van der Waals surface area (Å²) < 4.78 is 17.0. The third-order valence-corrected chi connectivity index (χ3v) is 7.14. The minimum Gasteiger partial charge on any atom is -0.494 e. The first-order valence-corrected chi connectivity index (χ1v) is 13.1. The van der Waals surface area contributed by atoms with Crippen LogP contribution in [0.25, 0.3) is 11.3 Å². The molecule has 3 heterocycles. The van der Waals surface area contributed by atoms with Crippen molar-refractivity contribution >= 4 is 5.91 Å². The van der Waals surface area contributed by atoms with E-state index in [-0.39, 0.29) is 18.7 Å². The molecule has 194 valence electrons. The molecule has 0 saturated carbocycles. The molecule has 1 unspecified atom stereocenters. The zero-order chi connectivity index (χ0) is 26.2. The molecule has 0 spiro atoms. The molecule has 38 heavy (non-hydrogen) atoms. The average molecular weight is 510 g/mol. The zero-order valence-corrected chi connectivity index (χ0v) is 21.9. The molecule has 2 aliphatic heterocycles. The van der Waals surface area contributed by atoms with Gasteiger partial charge in [0.2, 0.25) is 6.79 Å². The normalized spacial score (nSPS) is 15.8. The van der Waals surface area contributed by atoms with Gasteiger partial charge < -0.3 is 19.1 Å². The smallest absolute Gasteiger partial charge is 0.273 e. The Balaban J connectivity index is 1.37. The van der Waals surface area contributed by atoms with Crippen LogP contribution < -0.4 is 14.2 Å². The van der Waals surface area contributed by atoms with Gasteiger partial charge in [-0.1, -0.05) is 61.9 Å². The monoisotopic (exact) mass is 509 g/mol. The standard InChI is InChI=1S/C31H31N3O4/c1-19(2)14-15-36-24-11-9-23(10-12-24)30-27-28(22-7-4-20(3)5-8-22)32-33-29(27)31(35)34(30)17-21-6-13-25-26(16-21)38-18-37-25/h4-13,16,19,30H,14-15,17-18H2,1-3H3,(H,32,33). The van der Waals surface area contributed by atoms with Crippen LogP contribution >= 0.6 is 0 Å². The Morgan fingerprint density at radius 3 is 2.55 bits per heavy atom. The Labute approximate surface area is 222 Å². The van der Waals surface area contributed by atoms with Gasteiger partial charge in [0.15, 0.2) is 11.5 Å². The summed E-state index contributed by atoms with van der Waals surface area (Å²) in [7, 11) is 0. The highest BCUT2D eigenvalue weighted by Crippen LogP contribution is 2.44. The number of amides is 1. The highest BCUT2D eigenvalue weighted by Gasteiger charge is 2.42. The minimum atomic E-state index is -0.303. The third-order valence-electron chi connectivity index (χ3n) is 7.14. The highest BCUT2D eigenvalue weighted by molar-refractivity contribution is 6.00. The van der Waals surface area contributed by atoms with E-state index >= 15 is 0 Å². The molecule has 1 aromatic heterocycles. The Morgan fingerprint density at radius 2 is 1.79 bits per heavy atom. The van der Waals surface area contributed by atoms with E-state index in [1.54, 1.807) is 0 Å². The summed E-state index contributed by atoms with van der Waals surface area (Å²) in [4.78, 5) is 15.7. The molecule has 2 aliphatic rings. The lowest BCUT2D eigenvalue weighted by Gasteiger charge is -2.27. The van der Waals surface area contributed by atoms with Crippen LogP contribution in [0.2, 0.25) is 0 Å². The maximum atomic E-state index is 13.8. The van der Waals surface area contributed by atoms with E-state index < -0.39 is 0 Å². The number of nitrogens with one attached hydrogen (secondary N) is 1. The molecule has 1 N–H and O–H groups in total. The van der Waals surface area contributed by atoms with E-state index in [0.717, 1.165) is 45.9 Å². The Morgan fingerprint density at radius 1 is 1.03 bits per heavy atom. The number of benzene rings is 3. The van der Waals surface area contributed by atoms with Crippen molar-refractivity contribution in [1.29, 1.82) is 0 Å². The van der Waals surface area contributed by atoms with Crippen LogP contribution in [0, 0.1) is 12.8 Å². The number of aryl methyl sites for hydroxylation is 1. The average Bonchev–Trinajstić information content (AvgIpc) is 3.62. The lowest BCUT2D eigenvalue weighted by atomic mass is 9.95. The predicted octanol–water partition coefficient (Wildman–Crippen LogP) is 6.28. The number of carbonyl (C=O) groups excluding carboxylic acids is 1. The van der Waals surface area contributed by atoms with Crippen LogP contribution in [-0.4, -0.2) is 34.4 Å². The summed E-state index contributed by atoms with van der Waals surface area (Å²) in [6, 6.07) is 21.8. The second kappa shape index (κ2) is 9.89. The number of nitrogens with zero attached hydrogens (tertiary/aromatic N) is 2. The molecule has 0 saturated heterocycles. The van der Waals surface area contributed by atoms with Crippen molar-refractivity contribution in [3.05, 3.63) is 94.7 Å². The second-order valence-electron chi connectivity index (χ2n) is 10.4. The number of carbonyl (C=O) groups is 1. The fourth-order valence-electron chi connectivity index (χ4n) is 5.03. The number of rotatable bonds is 8. The van der Waals surface area contributed by atoms with Gasteiger partial charge in [0.1, 0.15) is 11.4 Å². The summed E-state index contributed by atoms with van der Waals surface area (Å²) >= 11 is 0. The van der Waals surface area contributed by atoms with Crippen LogP contribution in [0.15, 0.2) is 66.7 Å². The fraction of sp³-hybridized carbons (Fsp3) is 0.290. The van der Waals surface area contributed by atoms with Gasteiger partial charge in [-0.2, -0.15) is 5.10 Å². The summed E-state index contributed by atoms with van der Waals surface area (Å²) in [5.74, 6) is 2.76. The van der Waals surface area contributed by atoms with E-state index in [9.17, 15) is 4.79 Å². The van der Waals surface area contributed by atoms with Crippen molar-refractivity contribution in [2.45, 2.75) is 39.8 Å². The topological polar surface area (TPSA) is 76.7 Å². The third kappa shape index (κ3) is 4.49. The molecular weight excluding hydrogens is 478 g/mol. The molecule has 0 bridgehead atoms. The van der Waals surface area contributed by atoms with Gasteiger partial charge in [-0.15, -0.1) is 0 Å². The van der Waals surface area contributed by atoms with Crippen LogP contribution in [-0.2, 0) is 6.54 Å². The number of ether oxygens (including phenoxy) is 3. The molecule has 6 rings (SSSR count). The minimum absolute atomic E-state index is 0.0780. The number of fused-ring (bicyclic) bond motifs is 2.